The van der Waals surface area contributed by atoms with Gasteiger partial charge in [0.05, 0.1) is 59.2 Å². The maximum atomic E-state index is 14.4. The Kier molecular flexibility index (Phi) is 13.1. The summed E-state index contributed by atoms with van der Waals surface area (Å²) in [5.41, 5.74) is 4.56. The van der Waals surface area contributed by atoms with Crippen LogP contribution in [0.4, 0.5) is 41.6 Å². The van der Waals surface area contributed by atoms with Gasteiger partial charge in [0.25, 0.3) is 21.6 Å². The first-order chi connectivity index (χ1) is 32.5. The van der Waals surface area contributed by atoms with Crippen molar-refractivity contribution in [1.29, 1.82) is 0 Å². The number of nitrogens with one attached hydrogen (secondary N) is 3. The zero-order valence-corrected chi connectivity index (χ0v) is 38.6. The van der Waals surface area contributed by atoms with Crippen molar-refractivity contribution in [3.8, 4) is 5.88 Å². The van der Waals surface area contributed by atoms with E-state index in [1.807, 2.05) is 23.1 Å². The summed E-state index contributed by atoms with van der Waals surface area (Å²) in [7, 11) is -4.64. The SMILES string of the molecule is CC1(C)CCC(CN2CCN(c3ccc(C(=O)NS(=O)(=O)c4ccc(NCC5COCCO5)c([N+](=O)[O-])c4)c(N4CCCOc5nc6[nH]ccc6cc54)c3)CC2)=C(c2ccc(C(F)(F)F)cc2)C1. The number of carbonyl (C=O) groups excluding carboxylic acids is 1. The monoisotopic (exact) mass is 958 g/mol. The van der Waals surface area contributed by atoms with E-state index in [2.05, 4.69) is 38.7 Å². The van der Waals surface area contributed by atoms with Crippen LogP contribution in [-0.4, -0.2) is 112 Å². The van der Waals surface area contributed by atoms with Gasteiger partial charge in [0, 0.05) is 69.2 Å². The van der Waals surface area contributed by atoms with Gasteiger partial charge in [0.15, 0.2) is 0 Å². The second-order valence-electron chi connectivity index (χ2n) is 18.4. The third-order valence-corrected chi connectivity index (χ3v) is 14.4. The van der Waals surface area contributed by atoms with Crippen molar-refractivity contribution in [2.45, 2.75) is 56.7 Å². The summed E-state index contributed by atoms with van der Waals surface area (Å²) >= 11 is 0. The van der Waals surface area contributed by atoms with Crippen LogP contribution in [0, 0.1) is 15.5 Å². The lowest BCUT2D eigenvalue weighted by atomic mass is 9.72. The number of hydrogen-bond acceptors (Lipinski definition) is 13. The van der Waals surface area contributed by atoms with Crippen LogP contribution in [0.3, 0.4) is 0 Å². The fourth-order valence-electron chi connectivity index (χ4n) is 9.35. The molecule has 9 rings (SSSR count). The molecule has 1 aliphatic carbocycles. The number of nitro benzene ring substituents is 1. The molecule has 3 aliphatic heterocycles. The third kappa shape index (κ3) is 10.3. The Labute approximate surface area is 391 Å². The number of carbonyl (C=O) groups is 1. The summed E-state index contributed by atoms with van der Waals surface area (Å²) in [6.45, 7) is 9.82. The topological polar surface area (TPSA) is 185 Å². The molecule has 0 bridgehead atoms. The molecule has 2 aromatic heterocycles. The van der Waals surface area contributed by atoms with Gasteiger partial charge < -0.3 is 34.3 Å². The molecule has 3 N–H and O–H groups in total. The molecule has 16 nitrogen and oxygen atoms in total. The van der Waals surface area contributed by atoms with Crippen molar-refractivity contribution in [2.24, 2.45) is 5.41 Å². The van der Waals surface area contributed by atoms with E-state index in [0.29, 0.717) is 95.0 Å². The van der Waals surface area contributed by atoms with Gasteiger partial charge in [-0.3, -0.25) is 19.8 Å². The maximum absolute atomic E-state index is 14.4. The molecule has 1 amide bonds. The van der Waals surface area contributed by atoms with Crippen LogP contribution >= 0.6 is 0 Å². The van der Waals surface area contributed by atoms with Gasteiger partial charge in [0.2, 0.25) is 5.88 Å². The highest BCUT2D eigenvalue weighted by Crippen LogP contribution is 2.44. The van der Waals surface area contributed by atoms with E-state index in [9.17, 15) is 36.5 Å². The van der Waals surface area contributed by atoms with Crippen molar-refractivity contribution in [1.82, 2.24) is 19.6 Å². The molecule has 0 radical (unpaired) electrons. The first kappa shape index (κ1) is 46.9. The Balaban J connectivity index is 0.980. The van der Waals surface area contributed by atoms with Crippen LogP contribution in [-0.2, 0) is 25.7 Å². The number of allylic oxidation sites excluding steroid dienone is 1. The van der Waals surface area contributed by atoms with E-state index in [1.165, 1.54) is 17.7 Å². The van der Waals surface area contributed by atoms with Crippen LogP contribution in [0.25, 0.3) is 16.6 Å². The minimum Gasteiger partial charge on any atom is -0.476 e. The minimum absolute atomic E-state index is 0.0136. The van der Waals surface area contributed by atoms with Gasteiger partial charge >= 0.3 is 6.18 Å². The number of nitrogens with zero attached hydrogens (tertiary/aromatic N) is 5. The zero-order chi connectivity index (χ0) is 47.8. The van der Waals surface area contributed by atoms with Crippen molar-refractivity contribution < 1.29 is 45.5 Å². The largest absolute Gasteiger partial charge is 0.476 e. The second kappa shape index (κ2) is 19.0. The lowest BCUT2D eigenvalue weighted by Crippen LogP contribution is -2.47. The number of halogens is 3. The van der Waals surface area contributed by atoms with Gasteiger partial charge in [-0.1, -0.05) is 31.6 Å². The molecule has 360 valence electrons. The molecular formula is C48H53F3N8O8S. The first-order valence-electron chi connectivity index (χ1n) is 22.7. The van der Waals surface area contributed by atoms with E-state index in [-0.39, 0.29) is 29.3 Å². The highest BCUT2D eigenvalue weighted by Gasteiger charge is 2.34. The molecule has 20 heteroatoms. The number of piperazine rings is 1. The smallest absolute Gasteiger partial charge is 0.416 e. The molecular weight excluding hydrogens is 906 g/mol. The van der Waals surface area contributed by atoms with Crippen LogP contribution in [0.15, 0.2) is 89.5 Å². The van der Waals surface area contributed by atoms with Gasteiger partial charge in [0.1, 0.15) is 17.0 Å². The molecule has 1 unspecified atom stereocenters. The molecule has 5 aromatic rings. The number of aromatic amines is 1. The lowest BCUT2D eigenvalue weighted by Gasteiger charge is -2.39. The Hall–Kier alpha value is -6.22. The number of benzene rings is 3. The van der Waals surface area contributed by atoms with Crippen LogP contribution in [0.2, 0.25) is 0 Å². The standard InChI is InChI=1S/C48H53F3N8O8S/c1-47(2)14-12-33(39(27-47)31-4-6-34(7-5-31)48(49,50)51)29-56-17-19-57(20-18-56)35-8-10-38(41(25-35)58-16-3-21-67-46-43(58)24-32-13-15-52-44(32)54-46)45(60)55-68(63,64)37-9-11-40(42(26-37)59(61)62)53-28-36-30-65-22-23-66-36/h4-11,13,15,24-26,36,53H,3,12,14,16-23,27-30H2,1-2H3,(H,52,54)(H,55,60). The Morgan fingerprint density at radius 1 is 0.971 bits per heavy atom. The van der Waals surface area contributed by atoms with Gasteiger partial charge in [-0.05, 0) is 96.8 Å². The number of nitro groups is 1. The summed E-state index contributed by atoms with van der Waals surface area (Å²) in [5, 5.41) is 15.9. The van der Waals surface area contributed by atoms with E-state index in [0.717, 1.165) is 59.7 Å². The molecule has 4 aliphatic rings. The number of fused-ring (bicyclic) bond motifs is 2. The van der Waals surface area contributed by atoms with Crippen LogP contribution in [0.1, 0.15) is 61.0 Å². The Morgan fingerprint density at radius 3 is 2.50 bits per heavy atom. The Morgan fingerprint density at radius 2 is 1.76 bits per heavy atom. The van der Waals surface area contributed by atoms with E-state index < -0.39 is 43.2 Å². The number of pyridine rings is 1. The molecule has 5 heterocycles. The van der Waals surface area contributed by atoms with Crippen molar-refractivity contribution in [3.05, 3.63) is 111 Å². The predicted molar refractivity (Wildman–Crippen MR) is 251 cm³/mol. The zero-order valence-electron chi connectivity index (χ0n) is 37.7. The highest BCUT2D eigenvalue weighted by molar-refractivity contribution is 7.90. The summed E-state index contributed by atoms with van der Waals surface area (Å²) in [6, 6.07) is 17.9. The Bertz CT molecular complexity index is 2840. The van der Waals surface area contributed by atoms with Crippen molar-refractivity contribution in [2.75, 3.05) is 87.4 Å². The molecule has 2 saturated heterocycles. The number of H-pyrrole nitrogens is 1. The average molecular weight is 959 g/mol. The third-order valence-electron chi connectivity index (χ3n) is 13.1. The quantitative estimate of drug-likeness (QED) is 0.0805. The fraction of sp³-hybridized carbons (Fsp3) is 0.417. The number of ether oxygens (including phenoxy) is 3. The number of anilines is 4. The summed E-state index contributed by atoms with van der Waals surface area (Å²) in [4.78, 5) is 39.7. The number of aromatic nitrogens is 2. The number of hydrogen-bond donors (Lipinski definition) is 3. The lowest BCUT2D eigenvalue weighted by molar-refractivity contribution is -0.384. The minimum atomic E-state index is -4.64. The predicted octanol–water partition coefficient (Wildman–Crippen LogP) is 8.14. The molecule has 0 saturated carbocycles. The number of rotatable bonds is 12. The normalized spacial score (nSPS) is 19.3. The molecule has 2 fully saturated rings. The van der Waals surface area contributed by atoms with E-state index in [1.54, 1.807) is 30.5 Å². The number of sulfonamides is 1. The van der Waals surface area contributed by atoms with E-state index >= 15 is 0 Å². The summed E-state index contributed by atoms with van der Waals surface area (Å²) < 4.78 is 87.4. The number of alkyl halides is 3. The van der Waals surface area contributed by atoms with Crippen LogP contribution in [0.5, 0.6) is 5.88 Å². The van der Waals surface area contributed by atoms with Crippen molar-refractivity contribution >= 4 is 61.0 Å². The number of amides is 1. The average Bonchev–Trinajstić information content (AvgIpc) is 3.68. The first-order valence-corrected chi connectivity index (χ1v) is 24.2. The fourth-order valence-corrected chi connectivity index (χ4v) is 10.3. The highest BCUT2D eigenvalue weighted by atomic mass is 32.2. The molecule has 1 atom stereocenters. The van der Waals surface area contributed by atoms with Gasteiger partial charge in [-0.15, -0.1) is 0 Å². The summed E-state index contributed by atoms with van der Waals surface area (Å²) in [6.07, 6.45) is 0.155. The maximum Gasteiger partial charge on any atom is 0.416 e. The summed E-state index contributed by atoms with van der Waals surface area (Å²) in [5.74, 6) is -0.596. The van der Waals surface area contributed by atoms with Gasteiger partial charge in [-0.2, -0.15) is 18.2 Å². The second-order valence-corrected chi connectivity index (χ2v) is 20.0. The van der Waals surface area contributed by atoms with Gasteiger partial charge in [-0.25, -0.2) is 13.1 Å². The van der Waals surface area contributed by atoms with Crippen LogP contribution < -0.4 is 24.6 Å². The van der Waals surface area contributed by atoms with Crippen molar-refractivity contribution in [3.63, 3.8) is 0 Å². The van der Waals surface area contributed by atoms with E-state index in [4.69, 9.17) is 19.2 Å². The molecule has 0 spiro atoms. The molecule has 68 heavy (non-hydrogen) atoms. The molecule has 3 aromatic carbocycles.